The summed E-state index contributed by atoms with van der Waals surface area (Å²) < 4.78 is 5.09. The van der Waals surface area contributed by atoms with Crippen molar-refractivity contribution in [3.8, 4) is 5.75 Å². The van der Waals surface area contributed by atoms with E-state index in [-0.39, 0.29) is 22.7 Å². The van der Waals surface area contributed by atoms with Crippen LogP contribution in [0.4, 0.5) is 5.82 Å². The van der Waals surface area contributed by atoms with Gasteiger partial charge in [-0.1, -0.05) is 11.6 Å². The van der Waals surface area contributed by atoms with Crippen LogP contribution < -0.4 is 10.1 Å². The number of amides is 2. The van der Waals surface area contributed by atoms with Crippen molar-refractivity contribution >= 4 is 29.2 Å². The molecule has 1 aromatic heterocycles. The van der Waals surface area contributed by atoms with Crippen molar-refractivity contribution in [3.63, 3.8) is 0 Å². The summed E-state index contributed by atoms with van der Waals surface area (Å²) >= 11 is 5.87. The summed E-state index contributed by atoms with van der Waals surface area (Å²) in [4.78, 5) is 32.2. The molecule has 7 nitrogen and oxygen atoms in total. The normalized spacial score (nSPS) is 19.5. The Bertz CT molecular complexity index is 523. The first-order valence-electron chi connectivity index (χ1n) is 5.66. The van der Waals surface area contributed by atoms with E-state index >= 15 is 0 Å². The molecule has 1 aliphatic rings. The van der Waals surface area contributed by atoms with Gasteiger partial charge in [-0.3, -0.25) is 14.5 Å². The summed E-state index contributed by atoms with van der Waals surface area (Å²) in [7, 11) is 2.90. The third-order valence-electron chi connectivity index (χ3n) is 2.93. The maximum Gasteiger partial charge on any atom is 0.251 e. The van der Waals surface area contributed by atoms with Gasteiger partial charge in [0.15, 0.2) is 16.7 Å². The second-order valence-electron chi connectivity index (χ2n) is 4.07. The van der Waals surface area contributed by atoms with E-state index in [1.165, 1.54) is 20.5 Å². The molecule has 1 aromatic rings. The molecule has 102 valence electrons. The SMILES string of the molecule is COc1c(Cl)ncnc1NC1CCC(=O)N(C)C1=O. The van der Waals surface area contributed by atoms with Crippen molar-refractivity contribution in [3.05, 3.63) is 11.5 Å². The molecule has 1 fully saturated rings. The quantitative estimate of drug-likeness (QED) is 0.650. The van der Waals surface area contributed by atoms with Gasteiger partial charge in [-0.05, 0) is 6.42 Å². The number of aromatic nitrogens is 2. The van der Waals surface area contributed by atoms with E-state index in [0.29, 0.717) is 18.7 Å². The standard InChI is InChI=1S/C11H13ClN4O3/c1-16-7(17)4-3-6(11(16)18)15-10-8(19-2)9(12)13-5-14-10/h5-6H,3-4H2,1-2H3,(H,13,14,15). The van der Waals surface area contributed by atoms with Crippen LogP contribution in [0.15, 0.2) is 6.33 Å². The maximum absolute atomic E-state index is 12.0. The molecule has 1 unspecified atom stereocenters. The molecule has 1 N–H and O–H groups in total. The zero-order chi connectivity index (χ0) is 14.0. The van der Waals surface area contributed by atoms with Gasteiger partial charge in [0.2, 0.25) is 5.91 Å². The van der Waals surface area contributed by atoms with Gasteiger partial charge in [-0.2, -0.15) is 0 Å². The van der Waals surface area contributed by atoms with Crippen molar-refractivity contribution in [1.29, 1.82) is 0 Å². The minimum absolute atomic E-state index is 0.160. The number of imide groups is 1. The summed E-state index contributed by atoms with van der Waals surface area (Å²) in [5.41, 5.74) is 0. The number of carbonyl (C=O) groups excluding carboxylic acids is 2. The number of carbonyl (C=O) groups is 2. The Kier molecular flexibility index (Phi) is 3.84. The average Bonchev–Trinajstić information content (AvgIpc) is 2.40. The molecule has 2 rings (SSSR count). The Balaban J connectivity index is 2.20. The van der Waals surface area contributed by atoms with Crippen LogP contribution in [0, 0.1) is 0 Å². The zero-order valence-electron chi connectivity index (χ0n) is 10.5. The Hall–Kier alpha value is -1.89. The number of halogens is 1. The Morgan fingerprint density at radius 3 is 2.89 bits per heavy atom. The number of rotatable bonds is 3. The van der Waals surface area contributed by atoms with Crippen molar-refractivity contribution in [2.75, 3.05) is 19.5 Å². The lowest BCUT2D eigenvalue weighted by molar-refractivity contribution is -0.146. The number of ether oxygens (including phenoxy) is 1. The fourth-order valence-corrected chi connectivity index (χ4v) is 2.06. The average molecular weight is 285 g/mol. The van der Waals surface area contributed by atoms with Gasteiger partial charge < -0.3 is 10.1 Å². The van der Waals surface area contributed by atoms with E-state index in [9.17, 15) is 9.59 Å². The smallest absolute Gasteiger partial charge is 0.251 e. The molecule has 0 spiro atoms. The lowest BCUT2D eigenvalue weighted by Crippen LogP contribution is -2.48. The summed E-state index contributed by atoms with van der Waals surface area (Å²) in [6.45, 7) is 0. The van der Waals surface area contributed by atoms with E-state index < -0.39 is 6.04 Å². The summed E-state index contributed by atoms with van der Waals surface area (Å²) in [5, 5.41) is 3.10. The molecule has 0 aliphatic carbocycles. The van der Waals surface area contributed by atoms with Crippen LogP contribution in [0.2, 0.25) is 5.15 Å². The van der Waals surface area contributed by atoms with Gasteiger partial charge in [0, 0.05) is 13.5 Å². The van der Waals surface area contributed by atoms with Gasteiger partial charge in [-0.25, -0.2) is 9.97 Å². The monoisotopic (exact) mass is 284 g/mol. The van der Waals surface area contributed by atoms with Gasteiger partial charge >= 0.3 is 0 Å². The highest BCUT2D eigenvalue weighted by Crippen LogP contribution is 2.29. The molecule has 0 saturated carbocycles. The summed E-state index contributed by atoms with van der Waals surface area (Å²) in [5.74, 6) is 0.129. The molecule has 19 heavy (non-hydrogen) atoms. The number of piperidine rings is 1. The molecule has 2 amide bonds. The second kappa shape index (κ2) is 5.40. The second-order valence-corrected chi connectivity index (χ2v) is 4.43. The topological polar surface area (TPSA) is 84.4 Å². The highest BCUT2D eigenvalue weighted by Gasteiger charge is 2.32. The number of nitrogens with zero attached hydrogens (tertiary/aromatic N) is 3. The first-order valence-corrected chi connectivity index (χ1v) is 6.03. The van der Waals surface area contributed by atoms with Crippen molar-refractivity contribution in [1.82, 2.24) is 14.9 Å². The Labute approximate surface area is 114 Å². The predicted octanol–water partition coefficient (Wildman–Crippen LogP) is 0.698. The third kappa shape index (κ3) is 2.60. The minimum Gasteiger partial charge on any atom is -0.490 e. The predicted molar refractivity (Wildman–Crippen MR) is 68.0 cm³/mol. The Morgan fingerprint density at radius 1 is 1.47 bits per heavy atom. The van der Waals surface area contributed by atoms with Crippen LogP contribution in [0.1, 0.15) is 12.8 Å². The van der Waals surface area contributed by atoms with Crippen LogP contribution in [0.5, 0.6) is 5.75 Å². The van der Waals surface area contributed by atoms with E-state index in [0.717, 1.165) is 4.90 Å². The lowest BCUT2D eigenvalue weighted by Gasteiger charge is -2.28. The van der Waals surface area contributed by atoms with Crippen molar-refractivity contribution < 1.29 is 14.3 Å². The van der Waals surface area contributed by atoms with Crippen LogP contribution >= 0.6 is 11.6 Å². The van der Waals surface area contributed by atoms with E-state index in [1.807, 2.05) is 0 Å². The van der Waals surface area contributed by atoms with Gasteiger partial charge in [0.05, 0.1) is 7.11 Å². The number of nitrogens with one attached hydrogen (secondary N) is 1. The molecule has 0 bridgehead atoms. The molecule has 0 radical (unpaired) electrons. The first kappa shape index (κ1) is 13.5. The zero-order valence-corrected chi connectivity index (χ0v) is 11.3. The lowest BCUT2D eigenvalue weighted by atomic mass is 10.0. The first-order chi connectivity index (χ1) is 9.04. The number of methoxy groups -OCH3 is 1. The number of anilines is 1. The number of likely N-dealkylation sites (N-methyl/N-ethyl adjacent to an activating group) is 1. The van der Waals surface area contributed by atoms with E-state index in [2.05, 4.69) is 15.3 Å². The largest absolute Gasteiger partial charge is 0.490 e. The molecular weight excluding hydrogens is 272 g/mol. The number of hydrogen-bond acceptors (Lipinski definition) is 6. The van der Waals surface area contributed by atoms with E-state index in [1.54, 1.807) is 0 Å². The molecule has 8 heteroatoms. The van der Waals surface area contributed by atoms with E-state index in [4.69, 9.17) is 16.3 Å². The van der Waals surface area contributed by atoms with Crippen LogP contribution in [0.25, 0.3) is 0 Å². The fourth-order valence-electron chi connectivity index (χ4n) is 1.85. The fraction of sp³-hybridized carbons (Fsp3) is 0.455. The third-order valence-corrected chi connectivity index (χ3v) is 3.19. The van der Waals surface area contributed by atoms with Crippen LogP contribution in [-0.4, -0.2) is 46.9 Å². The number of hydrogen-bond donors (Lipinski definition) is 1. The highest BCUT2D eigenvalue weighted by atomic mass is 35.5. The van der Waals surface area contributed by atoms with Crippen LogP contribution in [0.3, 0.4) is 0 Å². The minimum atomic E-state index is -0.525. The molecule has 0 aromatic carbocycles. The summed E-state index contributed by atoms with van der Waals surface area (Å²) in [6, 6.07) is -0.525. The van der Waals surface area contributed by atoms with Gasteiger partial charge in [-0.15, -0.1) is 0 Å². The highest BCUT2D eigenvalue weighted by molar-refractivity contribution is 6.31. The summed E-state index contributed by atoms with van der Waals surface area (Å²) in [6.07, 6.45) is 1.99. The van der Waals surface area contributed by atoms with Crippen molar-refractivity contribution in [2.24, 2.45) is 0 Å². The Morgan fingerprint density at radius 2 is 2.21 bits per heavy atom. The molecule has 1 aliphatic heterocycles. The van der Waals surface area contributed by atoms with Crippen molar-refractivity contribution in [2.45, 2.75) is 18.9 Å². The van der Waals surface area contributed by atoms with Gasteiger partial charge in [0.25, 0.3) is 5.91 Å². The molecule has 1 saturated heterocycles. The van der Waals surface area contributed by atoms with Gasteiger partial charge in [0.1, 0.15) is 12.4 Å². The number of likely N-dealkylation sites (tertiary alicyclic amines) is 1. The molecule has 2 heterocycles. The molecule has 1 atom stereocenters. The van der Waals surface area contributed by atoms with Crippen LogP contribution in [-0.2, 0) is 9.59 Å². The molecular formula is C11H13ClN4O3. The maximum atomic E-state index is 12.0.